The highest BCUT2D eigenvalue weighted by Crippen LogP contribution is 2.27. The van der Waals surface area contributed by atoms with Crippen LogP contribution in [0.25, 0.3) is 11.3 Å². The number of thiazole rings is 1. The number of sulfonamides is 1. The summed E-state index contributed by atoms with van der Waals surface area (Å²) < 4.78 is 26.8. The summed E-state index contributed by atoms with van der Waals surface area (Å²) in [5.74, 6) is -0.350. The zero-order valence-corrected chi connectivity index (χ0v) is 17.2. The van der Waals surface area contributed by atoms with Gasteiger partial charge in [0.1, 0.15) is 4.90 Å². The van der Waals surface area contributed by atoms with Gasteiger partial charge in [-0.2, -0.15) is 4.31 Å². The molecular weight excluding hydrogens is 408 g/mol. The van der Waals surface area contributed by atoms with E-state index in [4.69, 9.17) is 0 Å². The molecule has 2 aromatic heterocycles. The van der Waals surface area contributed by atoms with Gasteiger partial charge in [-0.3, -0.25) is 9.78 Å². The zero-order chi connectivity index (χ0) is 20.3. The fraction of sp³-hybridized carbons (Fsp3) is 0.250. The first kappa shape index (κ1) is 19.7. The fourth-order valence-corrected chi connectivity index (χ4v) is 5.44. The second-order valence-electron chi connectivity index (χ2n) is 6.76. The van der Waals surface area contributed by atoms with E-state index in [2.05, 4.69) is 15.3 Å². The largest absolute Gasteiger partial charge is 0.302 e. The molecule has 29 heavy (non-hydrogen) atoms. The van der Waals surface area contributed by atoms with Crippen LogP contribution in [-0.2, 0) is 14.8 Å². The number of nitrogens with zero attached hydrogens (tertiary/aromatic N) is 3. The van der Waals surface area contributed by atoms with Gasteiger partial charge < -0.3 is 5.32 Å². The maximum Gasteiger partial charge on any atom is 0.244 e. The molecule has 0 radical (unpaired) electrons. The quantitative estimate of drug-likeness (QED) is 0.673. The first-order valence-corrected chi connectivity index (χ1v) is 11.6. The van der Waals surface area contributed by atoms with Gasteiger partial charge in [0.15, 0.2) is 5.13 Å². The summed E-state index contributed by atoms with van der Waals surface area (Å²) in [6.07, 6.45) is 3.84. The van der Waals surface area contributed by atoms with Crippen LogP contribution >= 0.6 is 11.3 Å². The molecule has 4 rings (SSSR count). The fourth-order valence-electron chi connectivity index (χ4n) is 3.29. The van der Waals surface area contributed by atoms with E-state index in [1.165, 1.54) is 34.1 Å². The minimum absolute atomic E-state index is 0.114. The van der Waals surface area contributed by atoms with Crippen molar-refractivity contribution in [3.63, 3.8) is 0 Å². The highest BCUT2D eigenvalue weighted by atomic mass is 32.2. The molecule has 150 valence electrons. The van der Waals surface area contributed by atoms with E-state index < -0.39 is 10.0 Å². The van der Waals surface area contributed by atoms with Crippen LogP contribution in [0.2, 0.25) is 0 Å². The first-order valence-electron chi connectivity index (χ1n) is 9.26. The summed E-state index contributed by atoms with van der Waals surface area (Å²) in [6.45, 7) is 0.616. The van der Waals surface area contributed by atoms with E-state index in [1.807, 2.05) is 35.7 Å². The van der Waals surface area contributed by atoms with E-state index in [0.717, 1.165) is 11.3 Å². The lowest BCUT2D eigenvalue weighted by Gasteiger charge is -2.30. The molecule has 1 N–H and O–H groups in total. The van der Waals surface area contributed by atoms with E-state index in [1.54, 1.807) is 6.07 Å². The van der Waals surface area contributed by atoms with Crippen molar-refractivity contribution < 1.29 is 13.2 Å². The lowest BCUT2D eigenvalue weighted by Crippen LogP contribution is -2.41. The summed E-state index contributed by atoms with van der Waals surface area (Å²) in [4.78, 5) is 21.2. The molecule has 0 aliphatic carbocycles. The van der Waals surface area contributed by atoms with Crippen molar-refractivity contribution in [1.82, 2.24) is 14.3 Å². The number of hydrogen-bond donors (Lipinski definition) is 1. The SMILES string of the molecule is O=C(Nc1nc(-c2ccccc2)cs1)C1CCN(S(=O)(=O)c2cccnc2)CC1. The first-order chi connectivity index (χ1) is 14.0. The number of pyridine rings is 1. The molecule has 0 spiro atoms. The summed E-state index contributed by atoms with van der Waals surface area (Å²) in [6, 6.07) is 12.9. The highest BCUT2D eigenvalue weighted by Gasteiger charge is 2.32. The third-order valence-corrected chi connectivity index (χ3v) is 7.54. The molecule has 0 unspecified atom stereocenters. The van der Waals surface area contributed by atoms with Gasteiger partial charge in [-0.15, -0.1) is 11.3 Å². The molecule has 1 aliphatic rings. The third kappa shape index (κ3) is 4.36. The maximum atomic E-state index is 12.7. The molecule has 0 bridgehead atoms. The molecule has 0 saturated carbocycles. The van der Waals surface area contributed by atoms with Crippen LogP contribution in [0, 0.1) is 5.92 Å². The summed E-state index contributed by atoms with van der Waals surface area (Å²) in [5.41, 5.74) is 1.82. The van der Waals surface area contributed by atoms with Gasteiger partial charge in [-0.1, -0.05) is 30.3 Å². The van der Waals surface area contributed by atoms with Crippen molar-refractivity contribution in [3.05, 3.63) is 60.2 Å². The Kier molecular flexibility index (Phi) is 5.70. The molecule has 1 fully saturated rings. The van der Waals surface area contributed by atoms with Gasteiger partial charge in [-0.25, -0.2) is 13.4 Å². The number of carbonyl (C=O) groups is 1. The number of hydrogen-bond acceptors (Lipinski definition) is 6. The molecule has 1 aromatic carbocycles. The zero-order valence-electron chi connectivity index (χ0n) is 15.6. The molecule has 3 heterocycles. The summed E-state index contributed by atoms with van der Waals surface area (Å²) in [7, 11) is -3.57. The topological polar surface area (TPSA) is 92.3 Å². The van der Waals surface area contributed by atoms with E-state index >= 15 is 0 Å². The van der Waals surface area contributed by atoms with Crippen LogP contribution in [0.15, 0.2) is 65.1 Å². The molecule has 1 aliphatic heterocycles. The Labute approximate surface area is 173 Å². The lowest BCUT2D eigenvalue weighted by molar-refractivity contribution is -0.120. The van der Waals surface area contributed by atoms with Crippen LogP contribution in [0.4, 0.5) is 5.13 Å². The molecule has 0 atom stereocenters. The minimum atomic E-state index is -3.57. The van der Waals surface area contributed by atoms with Gasteiger partial charge >= 0.3 is 0 Å². The number of amides is 1. The van der Waals surface area contributed by atoms with Crippen LogP contribution in [0.5, 0.6) is 0 Å². The monoisotopic (exact) mass is 428 g/mol. The van der Waals surface area contributed by atoms with Gasteiger partial charge in [0.05, 0.1) is 5.69 Å². The van der Waals surface area contributed by atoms with Gasteiger partial charge in [0.25, 0.3) is 0 Å². The lowest BCUT2D eigenvalue weighted by atomic mass is 9.97. The Hall–Kier alpha value is -2.62. The predicted octanol–water partition coefficient (Wildman–Crippen LogP) is 3.24. The average molecular weight is 429 g/mol. The Morgan fingerprint density at radius 3 is 2.55 bits per heavy atom. The second kappa shape index (κ2) is 8.40. The molecule has 9 heteroatoms. The van der Waals surface area contributed by atoms with Crippen LogP contribution < -0.4 is 5.32 Å². The second-order valence-corrected chi connectivity index (χ2v) is 9.56. The Bertz CT molecular complexity index is 1080. The Balaban J connectivity index is 1.36. The number of carbonyl (C=O) groups excluding carboxylic acids is 1. The Morgan fingerprint density at radius 2 is 1.86 bits per heavy atom. The van der Waals surface area contributed by atoms with Gasteiger partial charge in [0.2, 0.25) is 15.9 Å². The normalized spacial score (nSPS) is 15.9. The Morgan fingerprint density at radius 1 is 1.10 bits per heavy atom. The summed E-state index contributed by atoms with van der Waals surface area (Å²) >= 11 is 1.38. The minimum Gasteiger partial charge on any atom is -0.302 e. The van der Waals surface area contributed by atoms with Gasteiger partial charge in [-0.05, 0) is 25.0 Å². The van der Waals surface area contributed by atoms with Crippen molar-refractivity contribution in [2.45, 2.75) is 17.7 Å². The number of piperidine rings is 1. The van der Waals surface area contributed by atoms with E-state index in [9.17, 15) is 13.2 Å². The maximum absolute atomic E-state index is 12.7. The summed E-state index contributed by atoms with van der Waals surface area (Å²) in [5, 5.41) is 5.34. The third-order valence-electron chi connectivity index (χ3n) is 4.90. The predicted molar refractivity (Wildman–Crippen MR) is 112 cm³/mol. The molecule has 1 amide bonds. The number of aromatic nitrogens is 2. The highest BCUT2D eigenvalue weighted by molar-refractivity contribution is 7.89. The number of rotatable bonds is 5. The molecule has 1 saturated heterocycles. The van der Waals surface area contributed by atoms with Crippen molar-refractivity contribution >= 4 is 32.4 Å². The molecular formula is C20H20N4O3S2. The van der Waals surface area contributed by atoms with Crippen LogP contribution in [0.1, 0.15) is 12.8 Å². The van der Waals surface area contributed by atoms with Crippen LogP contribution in [-0.4, -0.2) is 41.7 Å². The van der Waals surface area contributed by atoms with Crippen molar-refractivity contribution in [3.8, 4) is 11.3 Å². The number of anilines is 1. The van der Waals surface area contributed by atoms with Crippen molar-refractivity contribution in [2.75, 3.05) is 18.4 Å². The smallest absolute Gasteiger partial charge is 0.244 e. The average Bonchev–Trinajstić information content (AvgIpc) is 3.23. The standard InChI is InChI=1S/C20H20N4O3S2/c25-19(23-20-22-18(14-28-20)15-5-2-1-3-6-15)16-8-11-24(12-9-16)29(26,27)17-7-4-10-21-13-17/h1-7,10,13-14,16H,8-9,11-12H2,(H,22,23,25). The van der Waals surface area contributed by atoms with Gasteiger partial charge in [0, 0.05) is 42.3 Å². The molecule has 3 aromatic rings. The van der Waals surface area contributed by atoms with E-state index in [-0.39, 0.29) is 16.7 Å². The van der Waals surface area contributed by atoms with E-state index in [0.29, 0.717) is 31.1 Å². The van der Waals surface area contributed by atoms with Crippen molar-refractivity contribution in [1.29, 1.82) is 0 Å². The molecule has 7 nitrogen and oxygen atoms in total. The van der Waals surface area contributed by atoms with Crippen molar-refractivity contribution in [2.24, 2.45) is 5.92 Å². The number of nitrogens with one attached hydrogen (secondary N) is 1. The number of benzene rings is 1. The van der Waals surface area contributed by atoms with Crippen LogP contribution in [0.3, 0.4) is 0 Å².